The van der Waals surface area contributed by atoms with Gasteiger partial charge in [0.15, 0.2) is 6.73 Å². The van der Waals surface area contributed by atoms with Gasteiger partial charge in [-0.25, -0.2) is 0 Å². The average Bonchev–Trinajstić information content (AvgIpc) is 2.88. The van der Waals surface area contributed by atoms with Crippen molar-refractivity contribution in [2.45, 2.75) is 51.8 Å². The molecule has 7 heteroatoms. The number of nitrogens with one attached hydrogen (secondary N) is 1. The Labute approximate surface area is 158 Å². The Morgan fingerprint density at radius 3 is 2.69 bits per heavy atom. The zero-order chi connectivity index (χ0) is 19.3. The van der Waals surface area contributed by atoms with Crippen LogP contribution in [0.4, 0.5) is 0 Å². The molecule has 1 aromatic carbocycles. The SMILES string of the molecule is CC(=O)NCCc1cn(COC(=O)CC(C)(C)Cl)c2ccc(CO)cc12. The van der Waals surface area contributed by atoms with Crippen molar-refractivity contribution in [3.63, 3.8) is 0 Å². The van der Waals surface area contributed by atoms with Crippen LogP contribution in [0.1, 0.15) is 38.3 Å². The number of amides is 1. The number of alkyl halides is 1. The van der Waals surface area contributed by atoms with E-state index < -0.39 is 4.87 Å². The molecule has 142 valence electrons. The molecule has 2 aromatic rings. The van der Waals surface area contributed by atoms with Crippen LogP contribution >= 0.6 is 11.6 Å². The Bertz CT molecular complexity index is 793. The van der Waals surface area contributed by atoms with Gasteiger partial charge in [0.05, 0.1) is 18.5 Å². The lowest BCUT2D eigenvalue weighted by Crippen LogP contribution is -2.22. The number of fused-ring (bicyclic) bond motifs is 1. The number of halogens is 1. The van der Waals surface area contributed by atoms with Gasteiger partial charge in [-0.2, -0.15) is 0 Å². The molecule has 0 bridgehead atoms. The van der Waals surface area contributed by atoms with E-state index in [2.05, 4.69) is 5.32 Å². The van der Waals surface area contributed by atoms with Crippen molar-refractivity contribution in [3.05, 3.63) is 35.5 Å². The van der Waals surface area contributed by atoms with Crippen LogP contribution < -0.4 is 5.32 Å². The van der Waals surface area contributed by atoms with Crippen LogP contribution in [0.5, 0.6) is 0 Å². The summed E-state index contributed by atoms with van der Waals surface area (Å²) in [5, 5.41) is 13.1. The molecule has 0 atom stereocenters. The monoisotopic (exact) mass is 380 g/mol. The number of aliphatic hydroxyl groups excluding tert-OH is 1. The van der Waals surface area contributed by atoms with E-state index in [1.54, 1.807) is 13.8 Å². The molecule has 1 aromatic heterocycles. The first-order valence-corrected chi connectivity index (χ1v) is 8.88. The number of nitrogens with zero attached hydrogens (tertiary/aromatic N) is 1. The minimum Gasteiger partial charge on any atom is -0.444 e. The third kappa shape index (κ3) is 5.75. The van der Waals surface area contributed by atoms with Crippen LogP contribution in [-0.2, 0) is 34.1 Å². The summed E-state index contributed by atoms with van der Waals surface area (Å²) >= 11 is 6.06. The summed E-state index contributed by atoms with van der Waals surface area (Å²) in [5.74, 6) is -0.443. The van der Waals surface area contributed by atoms with Gasteiger partial charge in [-0.15, -0.1) is 11.6 Å². The fraction of sp³-hybridized carbons (Fsp3) is 0.474. The van der Waals surface area contributed by atoms with Crippen molar-refractivity contribution in [3.8, 4) is 0 Å². The van der Waals surface area contributed by atoms with E-state index in [-0.39, 0.29) is 31.6 Å². The molecule has 0 aliphatic carbocycles. The summed E-state index contributed by atoms with van der Waals surface area (Å²) in [6.07, 6.45) is 2.67. The molecule has 0 saturated carbocycles. The summed E-state index contributed by atoms with van der Waals surface area (Å²) in [7, 11) is 0. The van der Waals surface area contributed by atoms with Gasteiger partial charge in [-0.1, -0.05) is 6.07 Å². The molecule has 0 fully saturated rings. The van der Waals surface area contributed by atoms with Crippen molar-refractivity contribution >= 4 is 34.4 Å². The maximum Gasteiger partial charge on any atom is 0.309 e. The van der Waals surface area contributed by atoms with E-state index in [1.165, 1.54) is 6.92 Å². The van der Waals surface area contributed by atoms with Crippen LogP contribution in [0.3, 0.4) is 0 Å². The Hall–Kier alpha value is -2.05. The van der Waals surface area contributed by atoms with E-state index in [1.807, 2.05) is 29.0 Å². The average molecular weight is 381 g/mol. The van der Waals surface area contributed by atoms with Crippen LogP contribution in [0.25, 0.3) is 10.9 Å². The zero-order valence-electron chi connectivity index (χ0n) is 15.3. The molecule has 2 N–H and O–H groups in total. The standard InChI is InChI=1S/C19H25ClN2O4/c1-13(24)21-7-6-15-10-22(12-26-18(25)9-19(2,3)20)17-5-4-14(11-23)8-16(15)17/h4-5,8,10,23H,6-7,9,11-12H2,1-3H3,(H,21,24). The highest BCUT2D eigenvalue weighted by Gasteiger charge is 2.20. The number of carbonyl (C=O) groups is 2. The number of ether oxygens (including phenoxy) is 1. The third-order valence-corrected chi connectivity index (χ3v) is 4.04. The van der Waals surface area contributed by atoms with Crippen LogP contribution in [0.15, 0.2) is 24.4 Å². The van der Waals surface area contributed by atoms with Gasteiger partial charge >= 0.3 is 5.97 Å². The number of esters is 1. The number of aromatic nitrogens is 1. The third-order valence-electron chi connectivity index (χ3n) is 3.91. The molecule has 0 unspecified atom stereocenters. The highest BCUT2D eigenvalue weighted by Crippen LogP contribution is 2.24. The van der Waals surface area contributed by atoms with Crippen LogP contribution in [0.2, 0.25) is 0 Å². The first-order chi connectivity index (χ1) is 12.2. The van der Waals surface area contributed by atoms with E-state index in [0.29, 0.717) is 13.0 Å². The molecule has 0 aliphatic rings. The maximum absolute atomic E-state index is 11.9. The highest BCUT2D eigenvalue weighted by molar-refractivity contribution is 6.24. The largest absolute Gasteiger partial charge is 0.444 e. The minimum atomic E-state index is -0.643. The van der Waals surface area contributed by atoms with E-state index in [4.69, 9.17) is 16.3 Å². The molecule has 2 rings (SSSR count). The van der Waals surface area contributed by atoms with Gasteiger partial charge in [-0.3, -0.25) is 9.59 Å². The topological polar surface area (TPSA) is 80.6 Å². The first kappa shape index (κ1) is 20.3. The Kier molecular flexibility index (Phi) is 6.67. The lowest BCUT2D eigenvalue weighted by molar-refractivity contribution is -0.147. The molecule has 0 radical (unpaired) electrons. The molecule has 26 heavy (non-hydrogen) atoms. The quantitative estimate of drug-likeness (QED) is 0.545. The maximum atomic E-state index is 11.9. The zero-order valence-corrected chi connectivity index (χ0v) is 16.1. The van der Waals surface area contributed by atoms with Crippen LogP contribution in [-0.4, -0.2) is 33.0 Å². The number of carbonyl (C=O) groups excluding carboxylic acids is 2. The number of rotatable bonds is 8. The minimum absolute atomic E-state index is 0.0496. The summed E-state index contributed by atoms with van der Waals surface area (Å²) in [6.45, 7) is 5.55. The van der Waals surface area contributed by atoms with Crippen LogP contribution in [0, 0.1) is 0 Å². The predicted molar refractivity (Wildman–Crippen MR) is 101 cm³/mol. The molecule has 6 nitrogen and oxygen atoms in total. The van der Waals surface area contributed by atoms with Crippen molar-refractivity contribution in [2.24, 2.45) is 0 Å². The lowest BCUT2D eigenvalue weighted by atomic mass is 10.1. The molecular weight excluding hydrogens is 356 g/mol. The Balaban J connectivity index is 2.20. The van der Waals surface area contributed by atoms with Crippen molar-refractivity contribution in [1.29, 1.82) is 0 Å². The number of benzene rings is 1. The summed E-state index contributed by atoms with van der Waals surface area (Å²) in [6, 6.07) is 5.64. The van der Waals surface area contributed by atoms with E-state index in [9.17, 15) is 14.7 Å². The fourth-order valence-electron chi connectivity index (χ4n) is 2.73. The van der Waals surface area contributed by atoms with E-state index >= 15 is 0 Å². The number of hydrogen-bond donors (Lipinski definition) is 2. The lowest BCUT2D eigenvalue weighted by Gasteiger charge is -2.14. The predicted octanol–water partition coefficient (Wildman–Crippen LogP) is 2.72. The summed E-state index contributed by atoms with van der Waals surface area (Å²) in [5.41, 5.74) is 2.72. The molecular formula is C19H25ClN2O4. The van der Waals surface area contributed by atoms with Gasteiger partial charge in [0, 0.05) is 29.9 Å². The summed E-state index contributed by atoms with van der Waals surface area (Å²) in [4.78, 5) is 22.4. The van der Waals surface area contributed by atoms with Gasteiger partial charge in [0.1, 0.15) is 0 Å². The molecule has 0 saturated heterocycles. The Morgan fingerprint density at radius 2 is 2.08 bits per heavy atom. The normalized spacial score (nSPS) is 11.6. The Morgan fingerprint density at radius 1 is 1.35 bits per heavy atom. The van der Waals surface area contributed by atoms with Gasteiger partial charge in [0.25, 0.3) is 0 Å². The second kappa shape index (κ2) is 8.56. The highest BCUT2D eigenvalue weighted by atomic mass is 35.5. The molecule has 0 aliphatic heterocycles. The van der Waals surface area contributed by atoms with Gasteiger partial charge in [0.2, 0.25) is 5.91 Å². The second-order valence-electron chi connectivity index (χ2n) is 6.91. The van der Waals surface area contributed by atoms with E-state index in [0.717, 1.165) is 22.0 Å². The van der Waals surface area contributed by atoms with Gasteiger partial charge < -0.3 is 19.7 Å². The molecule has 0 spiro atoms. The summed E-state index contributed by atoms with van der Waals surface area (Å²) < 4.78 is 7.19. The van der Waals surface area contributed by atoms with Gasteiger partial charge in [-0.05, 0) is 43.5 Å². The number of aliphatic hydroxyl groups is 1. The number of hydrogen-bond acceptors (Lipinski definition) is 4. The fourth-order valence-corrected chi connectivity index (χ4v) is 2.84. The van der Waals surface area contributed by atoms with Crippen molar-refractivity contribution < 1.29 is 19.4 Å². The van der Waals surface area contributed by atoms with Crippen molar-refractivity contribution in [1.82, 2.24) is 9.88 Å². The molecule has 1 amide bonds. The smallest absolute Gasteiger partial charge is 0.309 e. The first-order valence-electron chi connectivity index (χ1n) is 8.50. The second-order valence-corrected chi connectivity index (χ2v) is 7.93. The van der Waals surface area contributed by atoms with Crippen molar-refractivity contribution in [2.75, 3.05) is 6.54 Å². The molecule has 1 heterocycles.